The van der Waals surface area contributed by atoms with Crippen LogP contribution in [0.4, 0.5) is 0 Å². The van der Waals surface area contributed by atoms with E-state index in [2.05, 4.69) is 37.5 Å². The van der Waals surface area contributed by atoms with E-state index in [9.17, 15) is 0 Å². The van der Waals surface area contributed by atoms with Crippen LogP contribution in [0, 0.1) is 0 Å². The number of hydrogen-bond acceptors (Lipinski definition) is 3. The third-order valence-electron chi connectivity index (χ3n) is 3.71. The van der Waals surface area contributed by atoms with Gasteiger partial charge in [0.1, 0.15) is 0 Å². The summed E-state index contributed by atoms with van der Waals surface area (Å²) in [5.41, 5.74) is 5.68. The Morgan fingerprint density at radius 2 is 1.59 bits per heavy atom. The average Bonchev–Trinajstić information content (AvgIpc) is 2.37. The minimum Gasteiger partial charge on any atom is -0.330 e. The lowest BCUT2D eigenvalue weighted by molar-refractivity contribution is 0.178. The van der Waals surface area contributed by atoms with E-state index in [0.29, 0.717) is 6.04 Å². The second-order valence-corrected chi connectivity index (χ2v) is 4.65. The first-order chi connectivity index (χ1) is 8.23. The van der Waals surface area contributed by atoms with Crippen molar-refractivity contribution in [2.24, 2.45) is 5.73 Å². The molecule has 3 heteroatoms. The summed E-state index contributed by atoms with van der Waals surface area (Å²) in [7, 11) is 0. The van der Waals surface area contributed by atoms with Gasteiger partial charge in [-0.1, -0.05) is 27.7 Å². The molecule has 0 saturated carbocycles. The van der Waals surface area contributed by atoms with Crippen molar-refractivity contribution in [3.05, 3.63) is 0 Å². The van der Waals surface area contributed by atoms with Gasteiger partial charge in [0, 0.05) is 6.04 Å². The van der Waals surface area contributed by atoms with Crippen LogP contribution < -0.4 is 5.73 Å². The van der Waals surface area contributed by atoms with Gasteiger partial charge >= 0.3 is 0 Å². The molecule has 1 unspecified atom stereocenters. The number of hydrogen-bond donors (Lipinski definition) is 1. The van der Waals surface area contributed by atoms with Crippen LogP contribution in [0.15, 0.2) is 0 Å². The second kappa shape index (κ2) is 11.0. The molecule has 0 aliphatic rings. The number of nitrogens with two attached hydrogens (primary N) is 1. The van der Waals surface area contributed by atoms with E-state index in [1.807, 2.05) is 0 Å². The maximum atomic E-state index is 5.68. The summed E-state index contributed by atoms with van der Waals surface area (Å²) >= 11 is 0. The highest BCUT2D eigenvalue weighted by molar-refractivity contribution is 4.70. The Morgan fingerprint density at radius 3 is 2.00 bits per heavy atom. The summed E-state index contributed by atoms with van der Waals surface area (Å²) in [4.78, 5) is 5.09. The van der Waals surface area contributed by atoms with Crippen molar-refractivity contribution in [2.45, 2.75) is 53.0 Å². The van der Waals surface area contributed by atoms with E-state index >= 15 is 0 Å². The van der Waals surface area contributed by atoms with Crippen LogP contribution in [0.25, 0.3) is 0 Å². The number of nitrogens with zero attached hydrogens (tertiary/aromatic N) is 2. The van der Waals surface area contributed by atoms with E-state index in [0.717, 1.165) is 19.5 Å². The van der Waals surface area contributed by atoms with Gasteiger partial charge < -0.3 is 15.5 Å². The molecule has 0 radical (unpaired) electrons. The lowest BCUT2D eigenvalue weighted by atomic mass is 10.1. The van der Waals surface area contributed by atoms with Crippen LogP contribution in [-0.4, -0.2) is 55.1 Å². The first-order valence-electron chi connectivity index (χ1n) is 7.39. The maximum Gasteiger partial charge on any atom is 0.0104 e. The highest BCUT2D eigenvalue weighted by atomic mass is 15.2. The largest absolute Gasteiger partial charge is 0.330 e. The summed E-state index contributed by atoms with van der Waals surface area (Å²) in [6.07, 6.45) is 3.63. The SMILES string of the molecule is CCC(CCN)N(CC)CCCN(CC)CC. The fourth-order valence-corrected chi connectivity index (χ4v) is 2.47. The molecule has 1 atom stereocenters. The van der Waals surface area contributed by atoms with Crippen LogP contribution in [0.1, 0.15) is 47.0 Å². The molecule has 0 spiro atoms. The minimum atomic E-state index is 0.682. The molecule has 3 nitrogen and oxygen atoms in total. The predicted molar refractivity (Wildman–Crippen MR) is 77.4 cm³/mol. The van der Waals surface area contributed by atoms with E-state index in [-0.39, 0.29) is 0 Å². The summed E-state index contributed by atoms with van der Waals surface area (Å²) in [6.45, 7) is 15.7. The molecule has 17 heavy (non-hydrogen) atoms. The normalized spacial score (nSPS) is 13.6. The Hall–Kier alpha value is -0.120. The Kier molecular flexibility index (Phi) is 10.9. The lowest BCUT2D eigenvalue weighted by Crippen LogP contribution is -2.38. The molecule has 0 aromatic rings. The average molecular weight is 243 g/mol. The van der Waals surface area contributed by atoms with E-state index in [1.54, 1.807) is 0 Å². The first-order valence-corrected chi connectivity index (χ1v) is 7.39. The third kappa shape index (κ3) is 7.02. The van der Waals surface area contributed by atoms with Gasteiger partial charge in [0.15, 0.2) is 0 Å². The fraction of sp³-hybridized carbons (Fsp3) is 1.00. The monoisotopic (exact) mass is 243 g/mol. The van der Waals surface area contributed by atoms with Crippen LogP contribution in [0.3, 0.4) is 0 Å². The first kappa shape index (κ1) is 16.9. The van der Waals surface area contributed by atoms with Crippen LogP contribution in [0.2, 0.25) is 0 Å². The Labute approximate surface area is 108 Å². The topological polar surface area (TPSA) is 32.5 Å². The zero-order chi connectivity index (χ0) is 13.1. The van der Waals surface area contributed by atoms with Crippen molar-refractivity contribution in [1.82, 2.24) is 9.80 Å². The van der Waals surface area contributed by atoms with Crippen molar-refractivity contribution in [1.29, 1.82) is 0 Å². The molecular weight excluding hydrogens is 210 g/mol. The van der Waals surface area contributed by atoms with Gasteiger partial charge in [0.2, 0.25) is 0 Å². The van der Waals surface area contributed by atoms with Gasteiger partial charge in [0.05, 0.1) is 0 Å². The molecule has 0 aliphatic heterocycles. The number of rotatable bonds is 11. The molecule has 0 aromatic carbocycles. The van der Waals surface area contributed by atoms with E-state index in [1.165, 1.54) is 39.0 Å². The molecule has 2 N–H and O–H groups in total. The molecule has 0 aliphatic carbocycles. The third-order valence-corrected chi connectivity index (χ3v) is 3.71. The van der Waals surface area contributed by atoms with Crippen molar-refractivity contribution in [3.8, 4) is 0 Å². The fourth-order valence-electron chi connectivity index (χ4n) is 2.47. The molecule has 0 heterocycles. The molecule has 0 aromatic heterocycles. The van der Waals surface area contributed by atoms with E-state index in [4.69, 9.17) is 5.73 Å². The van der Waals surface area contributed by atoms with Gasteiger partial charge in [-0.2, -0.15) is 0 Å². The lowest BCUT2D eigenvalue weighted by Gasteiger charge is -2.30. The van der Waals surface area contributed by atoms with Crippen molar-refractivity contribution < 1.29 is 0 Å². The van der Waals surface area contributed by atoms with Crippen LogP contribution in [-0.2, 0) is 0 Å². The van der Waals surface area contributed by atoms with Gasteiger partial charge in [-0.05, 0) is 58.5 Å². The quantitative estimate of drug-likeness (QED) is 0.603. The van der Waals surface area contributed by atoms with E-state index < -0.39 is 0 Å². The maximum absolute atomic E-state index is 5.68. The van der Waals surface area contributed by atoms with Crippen molar-refractivity contribution in [3.63, 3.8) is 0 Å². The molecule has 0 saturated heterocycles. The summed E-state index contributed by atoms with van der Waals surface area (Å²) in [5.74, 6) is 0. The standard InChI is InChI=1S/C14H33N3/c1-5-14(10-11-15)17(8-4)13-9-12-16(6-2)7-3/h14H,5-13,15H2,1-4H3. The predicted octanol–water partition coefficient (Wildman–Crippen LogP) is 2.17. The second-order valence-electron chi connectivity index (χ2n) is 4.65. The highest BCUT2D eigenvalue weighted by Crippen LogP contribution is 2.08. The zero-order valence-electron chi connectivity index (χ0n) is 12.4. The van der Waals surface area contributed by atoms with Crippen molar-refractivity contribution in [2.75, 3.05) is 39.3 Å². The summed E-state index contributed by atoms with van der Waals surface area (Å²) in [5, 5.41) is 0. The summed E-state index contributed by atoms with van der Waals surface area (Å²) in [6, 6.07) is 0.682. The minimum absolute atomic E-state index is 0.682. The molecule has 0 bridgehead atoms. The Morgan fingerprint density at radius 1 is 0.941 bits per heavy atom. The van der Waals surface area contributed by atoms with Gasteiger partial charge in [-0.25, -0.2) is 0 Å². The van der Waals surface area contributed by atoms with Crippen LogP contribution >= 0.6 is 0 Å². The summed E-state index contributed by atoms with van der Waals surface area (Å²) < 4.78 is 0. The molecule has 104 valence electrons. The molecule has 0 amide bonds. The Balaban J connectivity index is 3.94. The molecular formula is C14H33N3. The molecule has 0 rings (SSSR count). The Bertz CT molecular complexity index is 158. The smallest absolute Gasteiger partial charge is 0.0104 e. The highest BCUT2D eigenvalue weighted by Gasteiger charge is 2.13. The van der Waals surface area contributed by atoms with Crippen LogP contribution in [0.5, 0.6) is 0 Å². The van der Waals surface area contributed by atoms with Gasteiger partial charge in [-0.3, -0.25) is 0 Å². The van der Waals surface area contributed by atoms with Crippen molar-refractivity contribution >= 4 is 0 Å². The van der Waals surface area contributed by atoms with Gasteiger partial charge in [-0.15, -0.1) is 0 Å². The molecule has 0 fully saturated rings. The zero-order valence-corrected chi connectivity index (χ0v) is 12.4. The van der Waals surface area contributed by atoms with Gasteiger partial charge in [0.25, 0.3) is 0 Å².